The number of aryl methyl sites for hydroxylation is 1. The fraction of sp³-hybridized carbons (Fsp3) is 0.429. The van der Waals surface area contributed by atoms with Crippen molar-refractivity contribution in [2.24, 2.45) is 0 Å². The van der Waals surface area contributed by atoms with Crippen LogP contribution in [0.2, 0.25) is 0 Å². The number of nitrogens with one attached hydrogen (secondary N) is 1. The second kappa shape index (κ2) is 9.07. The molecule has 162 valence electrons. The Morgan fingerprint density at radius 3 is 2.50 bits per heavy atom. The molecule has 1 aliphatic rings. The number of carbonyl (C=O) groups excluding carboxylic acids is 2. The van der Waals surface area contributed by atoms with Gasteiger partial charge in [0.1, 0.15) is 5.75 Å². The van der Waals surface area contributed by atoms with Gasteiger partial charge in [-0.1, -0.05) is 25.0 Å². The van der Waals surface area contributed by atoms with E-state index < -0.39 is 24.0 Å². The maximum atomic E-state index is 13.6. The zero-order chi connectivity index (χ0) is 21.9. The number of anilines is 1. The number of alkyl halides is 3. The lowest BCUT2D eigenvalue weighted by Gasteiger charge is -2.32. The SMILES string of the molecule is COc1ccc(C)cc1N(C(=O)C(F)(F)F)[C@@H](C(=O)NC1CCCC1)c1cccs1. The maximum absolute atomic E-state index is 13.6. The molecule has 1 aromatic heterocycles. The van der Waals surface area contributed by atoms with Gasteiger partial charge in [0.2, 0.25) is 5.91 Å². The number of hydrogen-bond acceptors (Lipinski definition) is 4. The summed E-state index contributed by atoms with van der Waals surface area (Å²) < 4.78 is 46.1. The van der Waals surface area contributed by atoms with Gasteiger partial charge in [-0.2, -0.15) is 13.2 Å². The highest BCUT2D eigenvalue weighted by molar-refractivity contribution is 7.10. The fourth-order valence-corrected chi connectivity index (χ4v) is 4.47. The average Bonchev–Trinajstić information content (AvgIpc) is 3.38. The molecule has 30 heavy (non-hydrogen) atoms. The van der Waals surface area contributed by atoms with E-state index in [1.165, 1.54) is 19.2 Å². The Bertz CT molecular complexity index is 893. The van der Waals surface area contributed by atoms with E-state index in [1.54, 1.807) is 30.5 Å². The summed E-state index contributed by atoms with van der Waals surface area (Å²) in [6, 6.07) is 6.20. The lowest BCUT2D eigenvalue weighted by Crippen LogP contribution is -2.50. The van der Waals surface area contributed by atoms with Gasteiger partial charge in [0.15, 0.2) is 6.04 Å². The Labute approximate surface area is 176 Å². The van der Waals surface area contributed by atoms with E-state index in [1.807, 2.05) is 0 Å². The maximum Gasteiger partial charge on any atom is 0.471 e. The van der Waals surface area contributed by atoms with E-state index in [4.69, 9.17) is 4.74 Å². The number of thiophene rings is 1. The van der Waals surface area contributed by atoms with Gasteiger partial charge in [0.05, 0.1) is 12.8 Å². The second-order valence-electron chi connectivity index (χ2n) is 7.26. The van der Waals surface area contributed by atoms with Gasteiger partial charge in [0.25, 0.3) is 0 Å². The third kappa shape index (κ3) is 4.77. The molecule has 2 aromatic rings. The first kappa shape index (κ1) is 22.1. The van der Waals surface area contributed by atoms with E-state index in [9.17, 15) is 22.8 Å². The molecule has 0 saturated heterocycles. The summed E-state index contributed by atoms with van der Waals surface area (Å²) in [6.07, 6.45) is -1.73. The highest BCUT2D eigenvalue weighted by Gasteiger charge is 2.48. The van der Waals surface area contributed by atoms with E-state index in [2.05, 4.69) is 5.32 Å². The first-order valence-electron chi connectivity index (χ1n) is 9.61. The largest absolute Gasteiger partial charge is 0.495 e. The Kier molecular flexibility index (Phi) is 6.70. The van der Waals surface area contributed by atoms with Crippen molar-refractivity contribution in [3.8, 4) is 5.75 Å². The molecule has 1 heterocycles. The predicted octanol–water partition coefficient (Wildman–Crippen LogP) is 4.76. The average molecular weight is 440 g/mol. The minimum Gasteiger partial charge on any atom is -0.495 e. The molecule has 0 aliphatic heterocycles. The lowest BCUT2D eigenvalue weighted by molar-refractivity contribution is -0.171. The van der Waals surface area contributed by atoms with Gasteiger partial charge in [-0.25, -0.2) is 0 Å². The molecular formula is C21H23F3N2O3S. The van der Waals surface area contributed by atoms with Crippen molar-refractivity contribution < 1.29 is 27.5 Å². The Balaban J connectivity index is 2.13. The molecule has 0 unspecified atom stereocenters. The predicted molar refractivity (Wildman–Crippen MR) is 109 cm³/mol. The molecule has 0 bridgehead atoms. The molecule has 1 saturated carbocycles. The van der Waals surface area contributed by atoms with Crippen molar-refractivity contribution in [2.75, 3.05) is 12.0 Å². The summed E-state index contributed by atoms with van der Waals surface area (Å²) in [5, 5.41) is 4.50. The number of rotatable bonds is 6. The standard InChI is InChI=1S/C21H23F3N2O3S/c1-13-9-10-16(29-2)15(12-13)26(20(28)21(22,23)24)18(17-8-5-11-30-17)19(27)25-14-6-3-4-7-14/h5,8-12,14,18H,3-4,6-7H2,1-2H3,(H,25,27)/t18-/m1/s1. The van der Waals surface area contributed by atoms with Crippen LogP contribution >= 0.6 is 11.3 Å². The van der Waals surface area contributed by atoms with Crippen LogP contribution in [0.25, 0.3) is 0 Å². The number of hydrogen-bond donors (Lipinski definition) is 1. The van der Waals surface area contributed by atoms with Gasteiger partial charge in [-0.3, -0.25) is 14.5 Å². The first-order chi connectivity index (χ1) is 14.2. The van der Waals surface area contributed by atoms with Crippen molar-refractivity contribution in [1.82, 2.24) is 5.32 Å². The number of ether oxygens (including phenoxy) is 1. The summed E-state index contributed by atoms with van der Waals surface area (Å²) in [5.74, 6) is -2.68. The van der Waals surface area contributed by atoms with Crippen LogP contribution in [0.15, 0.2) is 35.7 Å². The molecule has 1 fully saturated rings. The highest BCUT2D eigenvalue weighted by atomic mass is 32.1. The van der Waals surface area contributed by atoms with Crippen LogP contribution in [-0.4, -0.2) is 31.1 Å². The van der Waals surface area contributed by atoms with Gasteiger partial charge < -0.3 is 10.1 Å². The molecule has 9 heteroatoms. The minimum absolute atomic E-state index is 0.0772. The summed E-state index contributed by atoms with van der Waals surface area (Å²) in [4.78, 5) is 26.7. The van der Waals surface area contributed by atoms with Gasteiger partial charge >= 0.3 is 12.1 Å². The number of benzene rings is 1. The lowest BCUT2D eigenvalue weighted by atomic mass is 10.1. The molecule has 0 radical (unpaired) electrons. The Hall–Kier alpha value is -2.55. The number of methoxy groups -OCH3 is 1. The zero-order valence-electron chi connectivity index (χ0n) is 16.7. The molecule has 1 atom stereocenters. The minimum atomic E-state index is -5.17. The summed E-state index contributed by atoms with van der Waals surface area (Å²) in [6.45, 7) is 1.69. The topological polar surface area (TPSA) is 58.6 Å². The van der Waals surface area contributed by atoms with Gasteiger partial charge in [0, 0.05) is 10.9 Å². The van der Waals surface area contributed by atoms with Crippen molar-refractivity contribution in [1.29, 1.82) is 0 Å². The molecule has 5 nitrogen and oxygen atoms in total. The zero-order valence-corrected chi connectivity index (χ0v) is 17.5. The van der Waals surface area contributed by atoms with E-state index >= 15 is 0 Å². The van der Waals surface area contributed by atoms with E-state index in [0.29, 0.717) is 15.3 Å². The second-order valence-corrected chi connectivity index (χ2v) is 8.24. The molecule has 1 aliphatic carbocycles. The summed E-state index contributed by atoms with van der Waals surface area (Å²) >= 11 is 1.12. The number of halogens is 3. The van der Waals surface area contributed by atoms with Crippen LogP contribution < -0.4 is 15.0 Å². The molecule has 1 N–H and O–H groups in total. The number of nitrogens with zero attached hydrogens (tertiary/aromatic N) is 1. The van der Waals surface area contributed by atoms with Crippen molar-refractivity contribution >= 4 is 28.8 Å². The van der Waals surface area contributed by atoms with Crippen LogP contribution in [0.3, 0.4) is 0 Å². The molecule has 1 aromatic carbocycles. The smallest absolute Gasteiger partial charge is 0.471 e. The van der Waals surface area contributed by atoms with Crippen LogP contribution in [0.5, 0.6) is 5.75 Å². The van der Waals surface area contributed by atoms with Crippen molar-refractivity contribution in [3.05, 3.63) is 46.2 Å². The Morgan fingerprint density at radius 2 is 1.93 bits per heavy atom. The monoisotopic (exact) mass is 440 g/mol. The Morgan fingerprint density at radius 1 is 1.23 bits per heavy atom. The fourth-order valence-electron chi connectivity index (χ4n) is 3.66. The third-order valence-electron chi connectivity index (χ3n) is 5.08. The normalized spacial score (nSPS) is 15.6. The van der Waals surface area contributed by atoms with Gasteiger partial charge in [-0.05, 0) is 48.9 Å². The third-order valence-corrected chi connectivity index (χ3v) is 6.00. The summed E-state index contributed by atoms with van der Waals surface area (Å²) in [7, 11) is 1.31. The molecular weight excluding hydrogens is 417 g/mol. The summed E-state index contributed by atoms with van der Waals surface area (Å²) in [5.41, 5.74) is 0.534. The van der Waals surface area contributed by atoms with E-state index in [0.717, 1.165) is 37.0 Å². The first-order valence-corrected chi connectivity index (χ1v) is 10.5. The molecule has 2 amide bonds. The van der Waals surface area contributed by atoms with Crippen LogP contribution in [0.4, 0.5) is 18.9 Å². The van der Waals surface area contributed by atoms with Crippen molar-refractivity contribution in [2.45, 2.75) is 50.9 Å². The van der Waals surface area contributed by atoms with Crippen LogP contribution in [0.1, 0.15) is 42.2 Å². The quantitative estimate of drug-likeness (QED) is 0.705. The number of amides is 2. The van der Waals surface area contributed by atoms with Crippen molar-refractivity contribution in [3.63, 3.8) is 0 Å². The number of carbonyl (C=O) groups is 2. The highest BCUT2D eigenvalue weighted by Crippen LogP contribution is 2.39. The van der Waals surface area contributed by atoms with Crippen LogP contribution in [0, 0.1) is 6.92 Å². The van der Waals surface area contributed by atoms with E-state index in [-0.39, 0.29) is 17.5 Å². The molecule has 0 spiro atoms. The molecule has 3 rings (SSSR count). The van der Waals surface area contributed by atoms with Gasteiger partial charge in [-0.15, -0.1) is 11.3 Å². The van der Waals surface area contributed by atoms with Crippen LogP contribution in [-0.2, 0) is 9.59 Å².